The third-order valence-electron chi connectivity index (χ3n) is 10.1. The van der Waals surface area contributed by atoms with Crippen LogP contribution in [0.5, 0.6) is 0 Å². The molecule has 5 heterocycles. The van der Waals surface area contributed by atoms with Gasteiger partial charge in [-0.05, 0) is 93.7 Å². The molecule has 0 spiro atoms. The molecule has 3 N–H and O–H groups in total. The Balaban J connectivity index is 1.02. The second-order valence-electron chi connectivity index (χ2n) is 13.0. The van der Waals surface area contributed by atoms with Crippen molar-refractivity contribution in [2.24, 2.45) is 9.98 Å². The average Bonchev–Trinajstić information content (AvgIpc) is 3.85. The van der Waals surface area contributed by atoms with Crippen LogP contribution in [-0.2, 0) is 0 Å². The summed E-state index contributed by atoms with van der Waals surface area (Å²) in [6.45, 7) is 0. The van der Waals surface area contributed by atoms with Crippen molar-refractivity contribution in [2.45, 2.75) is 0 Å². The van der Waals surface area contributed by atoms with E-state index in [0.717, 1.165) is 45.2 Å². The molecule has 0 amide bonds. The van der Waals surface area contributed by atoms with Gasteiger partial charge in [0.2, 0.25) is 0 Å². The lowest BCUT2D eigenvalue weighted by molar-refractivity contribution is 1.27. The molecule has 3 aromatic heterocycles. The number of anilines is 2. The zero-order chi connectivity index (χ0) is 33.5. The Morgan fingerprint density at radius 3 is 1.39 bits per heavy atom. The van der Waals surface area contributed by atoms with Gasteiger partial charge in [0.05, 0.1) is 0 Å². The third-order valence-corrected chi connectivity index (χ3v) is 10.1. The number of hydrogen-bond acceptors (Lipinski definition) is 4. The van der Waals surface area contributed by atoms with Gasteiger partial charge in [-0.25, -0.2) is 20.0 Å². The molecule has 0 radical (unpaired) electrons. The molecule has 0 saturated heterocycles. The van der Waals surface area contributed by atoms with Crippen molar-refractivity contribution >= 4 is 78.0 Å². The summed E-state index contributed by atoms with van der Waals surface area (Å²) in [4.78, 5) is 22.1. The van der Waals surface area contributed by atoms with Gasteiger partial charge >= 0.3 is 0 Å². The van der Waals surface area contributed by atoms with Gasteiger partial charge in [0.25, 0.3) is 0 Å². The first-order valence-electron chi connectivity index (χ1n) is 17.0. The van der Waals surface area contributed by atoms with Crippen molar-refractivity contribution in [1.82, 2.24) is 15.0 Å². The van der Waals surface area contributed by atoms with Crippen molar-refractivity contribution in [3.63, 3.8) is 0 Å². The van der Waals surface area contributed by atoms with E-state index < -0.39 is 0 Å². The van der Waals surface area contributed by atoms with Crippen molar-refractivity contribution in [2.75, 3.05) is 10.6 Å². The summed E-state index contributed by atoms with van der Waals surface area (Å²) in [5, 5.41) is 14.2. The third kappa shape index (κ3) is 4.31. The number of nitrogens with one attached hydrogen (secondary N) is 3. The SMILES string of the molecule is c1ccc(/N=C2\Nc3ccc(-c4ccc5[nH]c6ccc(-c7ccc8c9c(cccc79)/C(=N/c7ccccn7)N8)cc6c5c4)c4cccc2c34)nc1. The Labute approximate surface area is 292 Å². The number of aromatic nitrogens is 3. The van der Waals surface area contributed by atoms with Crippen LogP contribution in [0.15, 0.2) is 156 Å². The molecule has 7 nitrogen and oxygen atoms in total. The normalized spacial score (nSPS) is 14.7. The highest BCUT2D eigenvalue weighted by Crippen LogP contribution is 2.43. The molecule has 51 heavy (non-hydrogen) atoms. The number of benzene rings is 6. The van der Waals surface area contributed by atoms with Crippen molar-refractivity contribution in [3.8, 4) is 22.3 Å². The molecule has 238 valence electrons. The van der Waals surface area contributed by atoms with Gasteiger partial charge in [0, 0.05) is 67.5 Å². The van der Waals surface area contributed by atoms with Crippen LogP contribution < -0.4 is 10.6 Å². The lowest BCUT2D eigenvalue weighted by Crippen LogP contribution is -2.06. The Morgan fingerprint density at radius 2 is 0.922 bits per heavy atom. The number of rotatable bonds is 4. The summed E-state index contributed by atoms with van der Waals surface area (Å²) in [5.41, 5.74) is 11.2. The van der Waals surface area contributed by atoms with Gasteiger partial charge in [0.15, 0.2) is 11.6 Å². The molecule has 2 aliphatic rings. The van der Waals surface area contributed by atoms with Crippen LogP contribution >= 0.6 is 0 Å². The van der Waals surface area contributed by atoms with Gasteiger partial charge < -0.3 is 15.6 Å². The maximum atomic E-state index is 4.83. The summed E-state index contributed by atoms with van der Waals surface area (Å²) in [7, 11) is 0. The minimum Gasteiger partial charge on any atom is -0.355 e. The number of aromatic amines is 1. The van der Waals surface area contributed by atoms with Crippen LogP contribution in [0, 0.1) is 0 Å². The fourth-order valence-corrected chi connectivity index (χ4v) is 7.79. The Morgan fingerprint density at radius 1 is 0.412 bits per heavy atom. The Kier molecular flexibility index (Phi) is 5.83. The molecule has 11 rings (SSSR count). The lowest BCUT2D eigenvalue weighted by Gasteiger charge is -2.10. The van der Waals surface area contributed by atoms with Crippen molar-refractivity contribution < 1.29 is 0 Å². The van der Waals surface area contributed by atoms with Crippen LogP contribution in [0.25, 0.3) is 65.6 Å². The van der Waals surface area contributed by atoms with E-state index in [0.29, 0.717) is 11.6 Å². The number of nitrogens with zero attached hydrogens (tertiary/aromatic N) is 4. The van der Waals surface area contributed by atoms with Crippen LogP contribution in [0.1, 0.15) is 11.1 Å². The molecule has 0 saturated carbocycles. The highest BCUT2D eigenvalue weighted by Gasteiger charge is 2.24. The zero-order valence-electron chi connectivity index (χ0n) is 27.1. The van der Waals surface area contributed by atoms with Crippen LogP contribution in [0.2, 0.25) is 0 Å². The molecule has 0 bridgehead atoms. The standard InChI is InChI=1S/C44H27N7/c1-3-21-45-39(11-1)50-43-31-9-5-7-29-27(15-19-37(48-43)41(29)31)25-13-17-35-33(23-25)34-24-26(14-18-36(34)47-35)28-16-20-38-42-30(28)8-6-10-32(42)44(49-38)51-40-12-2-4-22-46-40/h1-24,47H,(H,45,48,50)(H,46,49,51). The van der Waals surface area contributed by atoms with E-state index in [-0.39, 0.29) is 0 Å². The number of amidine groups is 2. The number of hydrogen-bond donors (Lipinski definition) is 3. The second-order valence-corrected chi connectivity index (χ2v) is 13.0. The second kappa shape index (κ2) is 10.7. The summed E-state index contributed by atoms with van der Waals surface area (Å²) < 4.78 is 0. The van der Waals surface area contributed by atoms with Crippen molar-refractivity contribution in [1.29, 1.82) is 0 Å². The molecule has 6 aromatic carbocycles. The average molecular weight is 654 g/mol. The number of fused-ring (bicyclic) bond motifs is 3. The largest absolute Gasteiger partial charge is 0.355 e. The summed E-state index contributed by atoms with van der Waals surface area (Å²) in [6, 6.07) is 46.7. The monoisotopic (exact) mass is 653 g/mol. The highest BCUT2D eigenvalue weighted by atomic mass is 15.1. The van der Waals surface area contributed by atoms with Gasteiger partial charge in [-0.15, -0.1) is 0 Å². The van der Waals surface area contributed by atoms with Crippen LogP contribution in [0.4, 0.5) is 23.0 Å². The van der Waals surface area contributed by atoms with E-state index >= 15 is 0 Å². The molecule has 2 aliphatic heterocycles. The fraction of sp³-hybridized carbons (Fsp3) is 0. The minimum atomic E-state index is 0.683. The zero-order valence-corrected chi connectivity index (χ0v) is 27.1. The first kappa shape index (κ1) is 27.8. The predicted molar refractivity (Wildman–Crippen MR) is 210 cm³/mol. The smallest absolute Gasteiger partial charge is 0.154 e. The Hall–Kier alpha value is -7.12. The maximum Gasteiger partial charge on any atom is 0.154 e. The Bertz CT molecular complexity index is 2760. The highest BCUT2D eigenvalue weighted by molar-refractivity contribution is 6.29. The molecular weight excluding hydrogens is 627 g/mol. The van der Waals surface area contributed by atoms with E-state index in [1.165, 1.54) is 54.6 Å². The molecule has 0 atom stereocenters. The minimum absolute atomic E-state index is 0.683. The topological polar surface area (TPSA) is 90.4 Å². The molecule has 0 aliphatic carbocycles. The van der Waals surface area contributed by atoms with Gasteiger partial charge in [0.1, 0.15) is 11.7 Å². The van der Waals surface area contributed by atoms with Crippen molar-refractivity contribution in [3.05, 3.63) is 157 Å². The molecule has 0 unspecified atom stereocenters. The lowest BCUT2D eigenvalue weighted by atomic mass is 9.93. The van der Waals surface area contributed by atoms with Crippen LogP contribution in [-0.4, -0.2) is 26.6 Å². The predicted octanol–water partition coefficient (Wildman–Crippen LogP) is 10.8. The molecule has 9 aromatic rings. The van der Waals surface area contributed by atoms with E-state index in [2.05, 4.69) is 123 Å². The molecular formula is C44H27N7. The summed E-state index contributed by atoms with van der Waals surface area (Å²) in [5.74, 6) is 3.01. The quantitative estimate of drug-likeness (QED) is 0.176. The van der Waals surface area contributed by atoms with Gasteiger partial charge in [-0.1, -0.05) is 72.8 Å². The molecule has 0 fully saturated rings. The fourth-order valence-electron chi connectivity index (χ4n) is 7.79. The maximum absolute atomic E-state index is 4.83. The first-order chi connectivity index (χ1) is 25.2. The van der Waals surface area contributed by atoms with E-state index in [4.69, 9.17) is 9.98 Å². The summed E-state index contributed by atoms with van der Waals surface area (Å²) >= 11 is 0. The van der Waals surface area contributed by atoms with E-state index in [9.17, 15) is 0 Å². The van der Waals surface area contributed by atoms with Gasteiger partial charge in [-0.3, -0.25) is 0 Å². The van der Waals surface area contributed by atoms with E-state index in [1.807, 2.05) is 36.4 Å². The first-order valence-corrected chi connectivity index (χ1v) is 17.0. The number of H-pyrrole nitrogens is 1. The summed E-state index contributed by atoms with van der Waals surface area (Å²) in [6.07, 6.45) is 3.54. The van der Waals surface area contributed by atoms with Crippen LogP contribution in [0.3, 0.4) is 0 Å². The van der Waals surface area contributed by atoms with E-state index in [1.54, 1.807) is 12.4 Å². The van der Waals surface area contributed by atoms with Gasteiger partial charge in [-0.2, -0.15) is 0 Å². The number of pyridine rings is 2. The molecule has 7 heteroatoms. The number of aliphatic imine (C=N–C) groups is 2.